The van der Waals surface area contributed by atoms with E-state index in [1.807, 2.05) is 12.1 Å². The fraction of sp³-hybridized carbons (Fsp3) is 0. The summed E-state index contributed by atoms with van der Waals surface area (Å²) in [6.45, 7) is 0. The van der Waals surface area contributed by atoms with Crippen LogP contribution in [-0.2, 0) is 0 Å². The number of benzene rings is 1. The van der Waals surface area contributed by atoms with Gasteiger partial charge in [-0.15, -0.1) is 0 Å². The van der Waals surface area contributed by atoms with E-state index >= 15 is 0 Å². The van der Waals surface area contributed by atoms with Crippen LogP contribution in [0, 0.1) is 0 Å². The molecule has 2 N–H and O–H groups in total. The minimum Gasteiger partial charge on any atom is -0.397 e. The molecule has 1 heterocycles. The number of pyridine rings is 1. The molecule has 0 saturated heterocycles. The summed E-state index contributed by atoms with van der Waals surface area (Å²) in [5.41, 5.74) is 6.87. The number of halogens is 2. The predicted octanol–water partition coefficient (Wildman–Crippen LogP) is 3.12. The number of nitrogens with two attached hydrogens (primary N) is 1. The largest absolute Gasteiger partial charge is 0.397 e. The Hall–Kier alpha value is -0.990. The van der Waals surface area contributed by atoms with E-state index in [0.717, 1.165) is 5.39 Å². The molecule has 0 atom stereocenters. The molecule has 0 radical (unpaired) electrons. The maximum atomic E-state index is 5.94. The standard InChI is InChI=1S/C9H6Cl2N2/c10-7-2-1-5-3-6(12)4-13-9(5)8(7)11/h1-4H,12H2. The third-order valence-electron chi connectivity index (χ3n) is 1.77. The molecule has 0 bridgehead atoms. The molecule has 13 heavy (non-hydrogen) atoms. The Labute approximate surface area is 85.3 Å². The average molecular weight is 213 g/mol. The Morgan fingerprint density at radius 1 is 1.23 bits per heavy atom. The van der Waals surface area contributed by atoms with Gasteiger partial charge in [-0.1, -0.05) is 29.3 Å². The fourth-order valence-corrected chi connectivity index (χ4v) is 1.53. The monoisotopic (exact) mass is 212 g/mol. The third-order valence-corrected chi connectivity index (χ3v) is 2.56. The minimum atomic E-state index is 0.471. The van der Waals surface area contributed by atoms with Gasteiger partial charge in [0.05, 0.1) is 27.4 Å². The van der Waals surface area contributed by atoms with Crippen LogP contribution in [0.2, 0.25) is 10.0 Å². The van der Waals surface area contributed by atoms with E-state index in [4.69, 9.17) is 28.9 Å². The maximum Gasteiger partial charge on any atom is 0.0905 e. The van der Waals surface area contributed by atoms with E-state index in [2.05, 4.69) is 4.98 Å². The molecule has 2 nitrogen and oxygen atoms in total. The summed E-state index contributed by atoms with van der Waals surface area (Å²) >= 11 is 11.8. The highest BCUT2D eigenvalue weighted by Crippen LogP contribution is 2.29. The number of nitrogens with zero attached hydrogens (tertiary/aromatic N) is 1. The van der Waals surface area contributed by atoms with Crippen molar-refractivity contribution in [2.24, 2.45) is 0 Å². The Kier molecular flexibility index (Phi) is 2.02. The topological polar surface area (TPSA) is 38.9 Å². The Morgan fingerprint density at radius 3 is 2.77 bits per heavy atom. The Morgan fingerprint density at radius 2 is 2.00 bits per heavy atom. The van der Waals surface area contributed by atoms with Crippen molar-refractivity contribution in [3.63, 3.8) is 0 Å². The minimum absolute atomic E-state index is 0.471. The lowest BCUT2D eigenvalue weighted by molar-refractivity contribution is 1.41. The zero-order valence-corrected chi connectivity index (χ0v) is 8.10. The first kappa shape index (κ1) is 8.60. The van der Waals surface area contributed by atoms with Gasteiger partial charge in [0.15, 0.2) is 0 Å². The van der Waals surface area contributed by atoms with Crippen LogP contribution in [0.1, 0.15) is 0 Å². The molecule has 4 heteroatoms. The van der Waals surface area contributed by atoms with Crippen LogP contribution in [0.3, 0.4) is 0 Å². The summed E-state index contributed by atoms with van der Waals surface area (Å²) < 4.78 is 0. The van der Waals surface area contributed by atoms with Gasteiger partial charge in [0.25, 0.3) is 0 Å². The smallest absolute Gasteiger partial charge is 0.0905 e. The van der Waals surface area contributed by atoms with Crippen LogP contribution in [0.25, 0.3) is 10.9 Å². The van der Waals surface area contributed by atoms with Crippen LogP contribution in [0.5, 0.6) is 0 Å². The van der Waals surface area contributed by atoms with Gasteiger partial charge >= 0.3 is 0 Å². The average Bonchev–Trinajstić information content (AvgIpc) is 2.12. The molecule has 0 aliphatic heterocycles. The Bertz CT molecular complexity index is 468. The van der Waals surface area contributed by atoms with Gasteiger partial charge < -0.3 is 5.73 Å². The molecule has 66 valence electrons. The second-order valence-electron chi connectivity index (χ2n) is 2.70. The lowest BCUT2D eigenvalue weighted by atomic mass is 10.2. The SMILES string of the molecule is Nc1cnc2c(Cl)c(Cl)ccc2c1. The molecular formula is C9H6Cl2N2. The van der Waals surface area contributed by atoms with Gasteiger partial charge in [-0.25, -0.2) is 0 Å². The summed E-state index contributed by atoms with van der Waals surface area (Å²) in [7, 11) is 0. The van der Waals surface area contributed by atoms with Crippen molar-refractivity contribution in [1.29, 1.82) is 0 Å². The van der Waals surface area contributed by atoms with Gasteiger partial charge in [-0.05, 0) is 12.1 Å². The lowest BCUT2D eigenvalue weighted by Crippen LogP contribution is -1.87. The van der Waals surface area contributed by atoms with Crippen molar-refractivity contribution in [3.05, 3.63) is 34.4 Å². The number of rotatable bonds is 0. The second kappa shape index (κ2) is 3.05. The van der Waals surface area contributed by atoms with Crippen molar-refractivity contribution < 1.29 is 0 Å². The maximum absolute atomic E-state index is 5.94. The van der Waals surface area contributed by atoms with E-state index in [0.29, 0.717) is 21.2 Å². The molecule has 0 aliphatic carbocycles. The van der Waals surface area contributed by atoms with Crippen LogP contribution >= 0.6 is 23.2 Å². The first-order valence-corrected chi connectivity index (χ1v) is 4.43. The van der Waals surface area contributed by atoms with Crippen LogP contribution in [-0.4, -0.2) is 4.98 Å². The van der Waals surface area contributed by atoms with E-state index in [1.165, 1.54) is 0 Å². The molecule has 0 aliphatic rings. The lowest BCUT2D eigenvalue weighted by Gasteiger charge is -2.01. The number of hydrogen-bond donors (Lipinski definition) is 1. The zero-order chi connectivity index (χ0) is 9.42. The summed E-state index contributed by atoms with van der Waals surface area (Å²) in [5, 5.41) is 1.88. The molecule has 2 aromatic rings. The number of nitrogen functional groups attached to an aromatic ring is 1. The first-order valence-electron chi connectivity index (χ1n) is 3.68. The molecule has 0 saturated carbocycles. The summed E-state index contributed by atoms with van der Waals surface area (Å²) in [4.78, 5) is 4.10. The number of hydrogen-bond acceptors (Lipinski definition) is 2. The highest BCUT2D eigenvalue weighted by Gasteiger charge is 2.04. The van der Waals surface area contributed by atoms with E-state index in [9.17, 15) is 0 Å². The molecule has 0 fully saturated rings. The highest BCUT2D eigenvalue weighted by atomic mass is 35.5. The van der Waals surface area contributed by atoms with Gasteiger partial charge in [-0.2, -0.15) is 0 Å². The van der Waals surface area contributed by atoms with Crippen molar-refractivity contribution in [1.82, 2.24) is 4.98 Å². The highest BCUT2D eigenvalue weighted by molar-refractivity contribution is 6.45. The molecular weight excluding hydrogens is 207 g/mol. The van der Waals surface area contributed by atoms with Crippen molar-refractivity contribution in [2.75, 3.05) is 5.73 Å². The molecule has 2 rings (SSSR count). The Balaban J connectivity index is 2.87. The van der Waals surface area contributed by atoms with E-state index < -0.39 is 0 Å². The van der Waals surface area contributed by atoms with E-state index in [1.54, 1.807) is 12.3 Å². The van der Waals surface area contributed by atoms with Crippen LogP contribution < -0.4 is 5.73 Å². The van der Waals surface area contributed by atoms with Crippen LogP contribution in [0.4, 0.5) is 5.69 Å². The second-order valence-corrected chi connectivity index (χ2v) is 3.49. The van der Waals surface area contributed by atoms with Crippen molar-refractivity contribution in [3.8, 4) is 0 Å². The number of aromatic nitrogens is 1. The number of anilines is 1. The van der Waals surface area contributed by atoms with Gasteiger partial charge in [0.2, 0.25) is 0 Å². The molecule has 0 amide bonds. The van der Waals surface area contributed by atoms with Gasteiger partial charge in [-0.3, -0.25) is 4.98 Å². The first-order chi connectivity index (χ1) is 6.18. The van der Waals surface area contributed by atoms with E-state index in [-0.39, 0.29) is 0 Å². The summed E-state index contributed by atoms with van der Waals surface area (Å²) in [6.07, 6.45) is 1.56. The summed E-state index contributed by atoms with van der Waals surface area (Å²) in [6, 6.07) is 5.38. The van der Waals surface area contributed by atoms with Crippen molar-refractivity contribution >= 4 is 39.8 Å². The fourth-order valence-electron chi connectivity index (χ4n) is 1.16. The van der Waals surface area contributed by atoms with Gasteiger partial charge in [0, 0.05) is 5.39 Å². The summed E-state index contributed by atoms with van der Waals surface area (Å²) in [5.74, 6) is 0. The predicted molar refractivity (Wildman–Crippen MR) is 56.2 cm³/mol. The molecule has 1 aromatic carbocycles. The molecule has 0 unspecified atom stereocenters. The third kappa shape index (κ3) is 1.43. The number of fused-ring (bicyclic) bond motifs is 1. The molecule has 0 spiro atoms. The zero-order valence-electron chi connectivity index (χ0n) is 6.59. The molecule has 1 aromatic heterocycles. The van der Waals surface area contributed by atoms with Gasteiger partial charge in [0.1, 0.15) is 0 Å². The quantitative estimate of drug-likeness (QED) is 0.730. The normalized spacial score (nSPS) is 10.6. The van der Waals surface area contributed by atoms with Crippen LogP contribution in [0.15, 0.2) is 24.4 Å². The van der Waals surface area contributed by atoms with Crippen molar-refractivity contribution in [2.45, 2.75) is 0 Å².